The topological polar surface area (TPSA) is 109 Å². The second-order valence-electron chi connectivity index (χ2n) is 6.36. The van der Waals surface area contributed by atoms with Crippen molar-refractivity contribution in [1.82, 2.24) is 0 Å². The highest BCUT2D eigenvalue weighted by Gasteiger charge is 2.19. The summed E-state index contributed by atoms with van der Waals surface area (Å²) >= 11 is 5.80. The lowest BCUT2D eigenvalue weighted by atomic mass is 10.2. The van der Waals surface area contributed by atoms with Crippen LogP contribution in [0.3, 0.4) is 0 Å². The average molecular weight is 465 g/mol. The van der Waals surface area contributed by atoms with Gasteiger partial charge in [0, 0.05) is 22.5 Å². The highest BCUT2D eigenvalue weighted by molar-refractivity contribution is 7.92. The van der Waals surface area contributed by atoms with Gasteiger partial charge in [0.05, 0.1) is 15.5 Å². The molecule has 10 heteroatoms. The Balaban J connectivity index is 1.87. The van der Waals surface area contributed by atoms with E-state index in [9.17, 15) is 21.6 Å². The Morgan fingerprint density at radius 2 is 1.53 bits per heavy atom. The van der Waals surface area contributed by atoms with Crippen LogP contribution in [0, 0.1) is 0 Å². The van der Waals surface area contributed by atoms with Crippen molar-refractivity contribution in [2.75, 3.05) is 16.3 Å². The van der Waals surface area contributed by atoms with Crippen LogP contribution in [0.25, 0.3) is 0 Å². The van der Waals surface area contributed by atoms with E-state index >= 15 is 0 Å². The van der Waals surface area contributed by atoms with Crippen molar-refractivity contribution in [3.63, 3.8) is 0 Å². The van der Waals surface area contributed by atoms with E-state index in [4.69, 9.17) is 11.6 Å². The fourth-order valence-corrected chi connectivity index (χ4v) is 4.70. The van der Waals surface area contributed by atoms with Crippen LogP contribution in [-0.2, 0) is 19.9 Å². The predicted molar refractivity (Wildman–Crippen MR) is 116 cm³/mol. The zero-order valence-corrected chi connectivity index (χ0v) is 18.1. The molecular formula is C20H17ClN2O5S2. The highest BCUT2D eigenvalue weighted by atomic mass is 35.5. The SMILES string of the molecule is CS(=O)(=O)c1ccccc1NC(=O)c1cccc(S(=O)(=O)Nc2ccc(Cl)cc2)c1. The van der Waals surface area contributed by atoms with Gasteiger partial charge in [0.2, 0.25) is 0 Å². The lowest BCUT2D eigenvalue weighted by Crippen LogP contribution is -2.17. The normalized spacial score (nSPS) is 11.7. The van der Waals surface area contributed by atoms with Gasteiger partial charge in [-0.05, 0) is 54.6 Å². The number of sulfone groups is 1. The number of para-hydroxylation sites is 1. The molecule has 3 aromatic rings. The molecule has 0 aromatic heterocycles. The molecule has 0 aliphatic heterocycles. The third-order valence-corrected chi connectivity index (χ3v) is 6.82. The van der Waals surface area contributed by atoms with Crippen molar-refractivity contribution in [2.45, 2.75) is 9.79 Å². The molecule has 0 saturated carbocycles. The van der Waals surface area contributed by atoms with Gasteiger partial charge in [-0.1, -0.05) is 29.8 Å². The first-order valence-electron chi connectivity index (χ1n) is 8.55. The Labute approximate surface area is 179 Å². The third-order valence-electron chi connectivity index (χ3n) is 4.04. The molecule has 156 valence electrons. The molecule has 3 rings (SSSR count). The summed E-state index contributed by atoms with van der Waals surface area (Å²) in [5.41, 5.74) is 0.478. The second-order valence-corrected chi connectivity index (χ2v) is 10.5. The Morgan fingerprint density at radius 1 is 0.867 bits per heavy atom. The van der Waals surface area contributed by atoms with Gasteiger partial charge < -0.3 is 5.32 Å². The van der Waals surface area contributed by atoms with E-state index in [0.29, 0.717) is 10.7 Å². The lowest BCUT2D eigenvalue weighted by molar-refractivity contribution is 0.102. The number of anilines is 2. The van der Waals surface area contributed by atoms with Crippen LogP contribution in [0.1, 0.15) is 10.4 Å². The lowest BCUT2D eigenvalue weighted by Gasteiger charge is -2.11. The van der Waals surface area contributed by atoms with E-state index < -0.39 is 25.8 Å². The van der Waals surface area contributed by atoms with E-state index in [0.717, 1.165) is 6.26 Å². The second kappa shape index (κ2) is 8.47. The number of hydrogen-bond donors (Lipinski definition) is 2. The Hall–Kier alpha value is -2.88. The maximum atomic E-state index is 12.7. The summed E-state index contributed by atoms with van der Waals surface area (Å²) in [5.74, 6) is -0.644. The molecule has 0 spiro atoms. The van der Waals surface area contributed by atoms with Gasteiger partial charge in [0.25, 0.3) is 15.9 Å². The van der Waals surface area contributed by atoms with Gasteiger partial charge in [0.1, 0.15) is 0 Å². The van der Waals surface area contributed by atoms with Crippen molar-refractivity contribution in [2.24, 2.45) is 0 Å². The van der Waals surface area contributed by atoms with Gasteiger partial charge >= 0.3 is 0 Å². The molecule has 7 nitrogen and oxygen atoms in total. The fraction of sp³-hybridized carbons (Fsp3) is 0.0500. The van der Waals surface area contributed by atoms with E-state index in [-0.39, 0.29) is 21.0 Å². The maximum Gasteiger partial charge on any atom is 0.261 e. The van der Waals surface area contributed by atoms with Crippen molar-refractivity contribution in [3.8, 4) is 0 Å². The molecule has 0 saturated heterocycles. The van der Waals surface area contributed by atoms with Crippen LogP contribution in [0.2, 0.25) is 5.02 Å². The number of carbonyl (C=O) groups is 1. The van der Waals surface area contributed by atoms with Gasteiger partial charge in [-0.2, -0.15) is 0 Å². The van der Waals surface area contributed by atoms with Crippen molar-refractivity contribution >= 4 is 48.7 Å². The number of amides is 1. The molecule has 0 atom stereocenters. The van der Waals surface area contributed by atoms with E-state index in [1.807, 2.05) is 0 Å². The zero-order chi connectivity index (χ0) is 21.9. The predicted octanol–water partition coefficient (Wildman–Crippen LogP) is 3.80. The fourth-order valence-electron chi connectivity index (χ4n) is 2.62. The molecule has 2 N–H and O–H groups in total. The van der Waals surface area contributed by atoms with E-state index in [2.05, 4.69) is 10.0 Å². The number of halogens is 1. The van der Waals surface area contributed by atoms with Crippen LogP contribution in [0.4, 0.5) is 11.4 Å². The number of benzene rings is 3. The molecule has 1 amide bonds. The van der Waals surface area contributed by atoms with E-state index in [1.54, 1.807) is 24.3 Å². The summed E-state index contributed by atoms with van der Waals surface area (Å²) < 4.78 is 51.5. The summed E-state index contributed by atoms with van der Waals surface area (Å²) in [6.07, 6.45) is 1.04. The molecular weight excluding hydrogens is 448 g/mol. The Morgan fingerprint density at radius 3 is 2.20 bits per heavy atom. The molecule has 0 fully saturated rings. The number of hydrogen-bond acceptors (Lipinski definition) is 5. The molecule has 0 bridgehead atoms. The summed E-state index contributed by atoms with van der Waals surface area (Å²) in [4.78, 5) is 12.5. The number of carbonyl (C=O) groups excluding carboxylic acids is 1. The number of nitrogens with one attached hydrogen (secondary N) is 2. The molecule has 0 aliphatic carbocycles. The van der Waals surface area contributed by atoms with Crippen molar-refractivity contribution < 1.29 is 21.6 Å². The van der Waals surface area contributed by atoms with Gasteiger partial charge in [-0.3, -0.25) is 9.52 Å². The first kappa shape index (κ1) is 21.8. The molecule has 0 radical (unpaired) electrons. The summed E-state index contributed by atoms with van der Waals surface area (Å²) in [6, 6.07) is 17.5. The smallest absolute Gasteiger partial charge is 0.261 e. The molecule has 0 aliphatic rings. The number of rotatable bonds is 6. The Bertz CT molecular complexity index is 1310. The maximum absolute atomic E-state index is 12.7. The minimum absolute atomic E-state index is 0.0356. The Kier molecular flexibility index (Phi) is 6.16. The quantitative estimate of drug-likeness (QED) is 0.576. The largest absolute Gasteiger partial charge is 0.321 e. The third kappa shape index (κ3) is 5.18. The van der Waals surface area contributed by atoms with Crippen molar-refractivity contribution in [3.05, 3.63) is 83.4 Å². The molecule has 0 heterocycles. The molecule has 0 unspecified atom stereocenters. The zero-order valence-electron chi connectivity index (χ0n) is 15.7. The van der Waals surface area contributed by atoms with Crippen molar-refractivity contribution in [1.29, 1.82) is 0 Å². The van der Waals surface area contributed by atoms with Crippen LogP contribution < -0.4 is 10.0 Å². The molecule has 30 heavy (non-hydrogen) atoms. The minimum atomic E-state index is -3.96. The standard InChI is InChI=1S/C20H17ClN2O5S2/c1-29(25,26)19-8-3-2-7-18(19)22-20(24)14-5-4-6-17(13-14)30(27,28)23-16-11-9-15(21)10-12-16/h2-13,23H,1H3,(H,22,24). The van der Waals surface area contributed by atoms with Gasteiger partial charge in [-0.15, -0.1) is 0 Å². The van der Waals surface area contributed by atoms with Crippen LogP contribution >= 0.6 is 11.6 Å². The first-order chi connectivity index (χ1) is 14.1. The average Bonchev–Trinajstić information content (AvgIpc) is 2.69. The van der Waals surface area contributed by atoms with Gasteiger partial charge in [-0.25, -0.2) is 16.8 Å². The van der Waals surface area contributed by atoms with E-state index in [1.165, 1.54) is 48.5 Å². The number of sulfonamides is 1. The van der Waals surface area contributed by atoms with Gasteiger partial charge in [0.15, 0.2) is 9.84 Å². The van der Waals surface area contributed by atoms with Crippen LogP contribution in [-0.4, -0.2) is 29.0 Å². The highest BCUT2D eigenvalue weighted by Crippen LogP contribution is 2.23. The minimum Gasteiger partial charge on any atom is -0.321 e. The summed E-state index contributed by atoms with van der Waals surface area (Å²) in [7, 11) is -7.52. The summed E-state index contributed by atoms with van der Waals surface area (Å²) in [5, 5.41) is 2.98. The van der Waals surface area contributed by atoms with Crippen LogP contribution in [0.5, 0.6) is 0 Å². The first-order valence-corrected chi connectivity index (χ1v) is 12.3. The monoisotopic (exact) mass is 464 g/mol. The summed E-state index contributed by atoms with van der Waals surface area (Å²) in [6.45, 7) is 0. The van der Waals surface area contributed by atoms with Crippen LogP contribution in [0.15, 0.2) is 82.6 Å². The molecule has 3 aromatic carbocycles.